The molecular weight excluding hydrogens is 348 g/mol. The molecule has 142 valence electrons. The van der Waals surface area contributed by atoms with Crippen molar-refractivity contribution in [1.82, 2.24) is 5.32 Å². The Morgan fingerprint density at radius 2 is 1.81 bits per heavy atom. The zero-order valence-corrected chi connectivity index (χ0v) is 15.2. The molecule has 0 heterocycles. The summed E-state index contributed by atoms with van der Waals surface area (Å²) in [5, 5.41) is 14.7. The molecule has 0 aliphatic rings. The molecule has 0 saturated heterocycles. The largest absolute Gasteiger partial charge is 0.478 e. The third kappa shape index (κ3) is 6.23. The molecule has 1 unspecified atom stereocenters. The van der Waals surface area contributed by atoms with E-state index in [-0.39, 0.29) is 30.4 Å². The minimum atomic E-state index is -1.09. The Bertz CT molecular complexity index is 820. The van der Waals surface area contributed by atoms with Gasteiger partial charge in [-0.2, -0.15) is 0 Å². The fraction of sp³-hybridized carbons (Fsp3) is 0.250. The van der Waals surface area contributed by atoms with Crippen molar-refractivity contribution in [2.75, 3.05) is 12.4 Å². The Kier molecular flexibility index (Phi) is 7.08. The standard InChI is InChI=1S/C20H22N2O5/c1-13(23)21-18(15-6-4-3-5-7-15)11-19(24)22-17-9-14(12-27-2)8-16(10-17)20(25)26/h3-10,18H,11-12H2,1-2H3,(H,21,23)(H,22,24)(H,25,26). The molecule has 2 rings (SSSR count). The number of hydrogen-bond donors (Lipinski definition) is 3. The molecule has 2 aromatic rings. The van der Waals surface area contributed by atoms with Gasteiger partial charge in [0.1, 0.15) is 0 Å². The molecule has 2 aromatic carbocycles. The van der Waals surface area contributed by atoms with Crippen LogP contribution < -0.4 is 10.6 Å². The predicted molar refractivity (Wildman–Crippen MR) is 100 cm³/mol. The Hall–Kier alpha value is -3.19. The molecule has 0 fully saturated rings. The summed E-state index contributed by atoms with van der Waals surface area (Å²) >= 11 is 0. The first-order chi connectivity index (χ1) is 12.9. The second-order valence-corrected chi connectivity index (χ2v) is 6.07. The van der Waals surface area contributed by atoms with Crippen LogP contribution in [0.15, 0.2) is 48.5 Å². The topological polar surface area (TPSA) is 105 Å². The van der Waals surface area contributed by atoms with E-state index in [1.807, 2.05) is 30.3 Å². The second kappa shape index (κ2) is 9.49. The number of ether oxygens (including phenoxy) is 1. The molecule has 1 atom stereocenters. The highest BCUT2D eigenvalue weighted by atomic mass is 16.5. The zero-order valence-electron chi connectivity index (χ0n) is 15.2. The van der Waals surface area contributed by atoms with Crippen molar-refractivity contribution in [1.29, 1.82) is 0 Å². The lowest BCUT2D eigenvalue weighted by Gasteiger charge is -2.18. The number of carbonyl (C=O) groups excluding carboxylic acids is 2. The van der Waals surface area contributed by atoms with Gasteiger partial charge >= 0.3 is 5.97 Å². The van der Waals surface area contributed by atoms with Crippen molar-refractivity contribution in [3.8, 4) is 0 Å². The summed E-state index contributed by atoms with van der Waals surface area (Å²) in [5.74, 6) is -1.68. The van der Waals surface area contributed by atoms with Crippen LogP contribution in [0.2, 0.25) is 0 Å². The molecule has 0 aliphatic carbocycles. The number of aromatic carboxylic acids is 1. The van der Waals surface area contributed by atoms with Gasteiger partial charge in [-0.1, -0.05) is 30.3 Å². The Labute approximate surface area is 157 Å². The van der Waals surface area contributed by atoms with Gasteiger partial charge in [-0.3, -0.25) is 9.59 Å². The van der Waals surface area contributed by atoms with Crippen LogP contribution in [0.25, 0.3) is 0 Å². The molecule has 7 heteroatoms. The van der Waals surface area contributed by atoms with Crippen molar-refractivity contribution in [2.45, 2.75) is 26.0 Å². The van der Waals surface area contributed by atoms with Crippen LogP contribution in [0.3, 0.4) is 0 Å². The maximum atomic E-state index is 12.5. The van der Waals surface area contributed by atoms with Gasteiger partial charge in [-0.05, 0) is 29.3 Å². The van der Waals surface area contributed by atoms with Crippen molar-refractivity contribution in [3.05, 3.63) is 65.2 Å². The quantitative estimate of drug-likeness (QED) is 0.663. The smallest absolute Gasteiger partial charge is 0.335 e. The Morgan fingerprint density at radius 3 is 2.41 bits per heavy atom. The van der Waals surface area contributed by atoms with Crippen molar-refractivity contribution in [3.63, 3.8) is 0 Å². The van der Waals surface area contributed by atoms with Crippen molar-refractivity contribution < 1.29 is 24.2 Å². The average Bonchev–Trinajstić information content (AvgIpc) is 2.61. The highest BCUT2D eigenvalue weighted by Crippen LogP contribution is 2.20. The number of carboxylic acids is 1. The predicted octanol–water partition coefficient (Wildman–Crippen LogP) is 2.74. The highest BCUT2D eigenvalue weighted by molar-refractivity contribution is 5.94. The van der Waals surface area contributed by atoms with Gasteiger partial charge in [0.25, 0.3) is 0 Å². The van der Waals surface area contributed by atoms with Gasteiger partial charge in [-0.25, -0.2) is 4.79 Å². The van der Waals surface area contributed by atoms with E-state index in [1.165, 1.54) is 26.2 Å². The fourth-order valence-corrected chi connectivity index (χ4v) is 2.72. The van der Waals surface area contributed by atoms with E-state index in [0.717, 1.165) is 5.56 Å². The number of rotatable bonds is 8. The van der Waals surface area contributed by atoms with Gasteiger partial charge in [0.05, 0.1) is 24.6 Å². The van der Waals surface area contributed by atoms with Crippen molar-refractivity contribution in [2.24, 2.45) is 0 Å². The lowest BCUT2D eigenvalue weighted by Crippen LogP contribution is -2.29. The molecule has 3 N–H and O–H groups in total. The van der Waals surface area contributed by atoms with Crippen LogP contribution in [0.5, 0.6) is 0 Å². The van der Waals surface area contributed by atoms with Crippen LogP contribution >= 0.6 is 0 Å². The first-order valence-electron chi connectivity index (χ1n) is 8.37. The Morgan fingerprint density at radius 1 is 1.11 bits per heavy atom. The number of carbonyl (C=O) groups is 3. The molecule has 2 amide bonds. The van der Waals surface area contributed by atoms with Gasteiger partial charge in [0.2, 0.25) is 11.8 Å². The Balaban J connectivity index is 2.17. The lowest BCUT2D eigenvalue weighted by molar-refractivity contribution is -0.120. The number of amides is 2. The van der Waals surface area contributed by atoms with Crippen LogP contribution in [0, 0.1) is 0 Å². The van der Waals surface area contributed by atoms with E-state index in [0.29, 0.717) is 11.3 Å². The fourth-order valence-electron chi connectivity index (χ4n) is 2.72. The van der Waals surface area contributed by atoms with Crippen LogP contribution in [0.1, 0.15) is 40.9 Å². The van der Waals surface area contributed by atoms with Gasteiger partial charge < -0.3 is 20.5 Å². The summed E-state index contributed by atoms with van der Waals surface area (Å²) in [6.45, 7) is 1.61. The lowest BCUT2D eigenvalue weighted by atomic mass is 10.0. The third-order valence-corrected chi connectivity index (χ3v) is 3.80. The maximum absolute atomic E-state index is 12.5. The second-order valence-electron chi connectivity index (χ2n) is 6.07. The number of hydrogen-bond acceptors (Lipinski definition) is 4. The van der Waals surface area contributed by atoms with Crippen LogP contribution in [0.4, 0.5) is 5.69 Å². The molecule has 27 heavy (non-hydrogen) atoms. The van der Waals surface area contributed by atoms with Crippen LogP contribution in [-0.4, -0.2) is 30.0 Å². The number of carboxylic acid groups (broad SMARTS) is 1. The SMILES string of the molecule is COCc1cc(NC(=O)CC(NC(C)=O)c2ccccc2)cc(C(=O)O)c1. The minimum absolute atomic E-state index is 0.0144. The van der Waals surface area contributed by atoms with E-state index < -0.39 is 12.0 Å². The minimum Gasteiger partial charge on any atom is -0.478 e. The number of anilines is 1. The van der Waals surface area contributed by atoms with E-state index >= 15 is 0 Å². The summed E-state index contributed by atoms with van der Waals surface area (Å²) in [5.41, 5.74) is 1.86. The number of nitrogens with one attached hydrogen (secondary N) is 2. The summed E-state index contributed by atoms with van der Waals surface area (Å²) in [4.78, 5) is 35.2. The maximum Gasteiger partial charge on any atom is 0.335 e. The zero-order chi connectivity index (χ0) is 19.8. The molecule has 7 nitrogen and oxygen atoms in total. The van der Waals surface area contributed by atoms with E-state index in [2.05, 4.69) is 10.6 Å². The summed E-state index contributed by atoms with van der Waals surface area (Å²) in [6, 6.07) is 13.2. The summed E-state index contributed by atoms with van der Waals surface area (Å²) in [7, 11) is 1.50. The normalized spacial score (nSPS) is 11.5. The third-order valence-electron chi connectivity index (χ3n) is 3.80. The first kappa shape index (κ1) is 20.1. The molecule has 0 aromatic heterocycles. The molecule has 0 spiro atoms. The summed E-state index contributed by atoms with van der Waals surface area (Å²) in [6.07, 6.45) is 0.0144. The molecule has 0 aliphatic heterocycles. The molecule has 0 saturated carbocycles. The van der Waals surface area contributed by atoms with E-state index in [1.54, 1.807) is 6.07 Å². The molecular formula is C20H22N2O5. The van der Waals surface area contributed by atoms with Crippen molar-refractivity contribution >= 4 is 23.5 Å². The van der Waals surface area contributed by atoms with Gasteiger partial charge in [0, 0.05) is 19.7 Å². The van der Waals surface area contributed by atoms with Gasteiger partial charge in [0.15, 0.2) is 0 Å². The number of methoxy groups -OCH3 is 1. The first-order valence-corrected chi connectivity index (χ1v) is 8.37. The average molecular weight is 370 g/mol. The van der Waals surface area contributed by atoms with Gasteiger partial charge in [-0.15, -0.1) is 0 Å². The van der Waals surface area contributed by atoms with E-state index in [9.17, 15) is 19.5 Å². The molecule has 0 bridgehead atoms. The number of benzene rings is 2. The summed E-state index contributed by atoms with van der Waals surface area (Å²) < 4.78 is 5.04. The monoisotopic (exact) mass is 370 g/mol. The van der Waals surface area contributed by atoms with Crippen LogP contribution in [-0.2, 0) is 20.9 Å². The molecule has 0 radical (unpaired) electrons. The highest BCUT2D eigenvalue weighted by Gasteiger charge is 2.18. The van der Waals surface area contributed by atoms with E-state index in [4.69, 9.17) is 4.74 Å².